The van der Waals surface area contributed by atoms with Crippen LogP contribution in [0.3, 0.4) is 0 Å². The first-order chi connectivity index (χ1) is 10.3. The summed E-state index contributed by atoms with van der Waals surface area (Å²) in [4.78, 5) is 18.6. The summed E-state index contributed by atoms with van der Waals surface area (Å²) in [5, 5.41) is 0. The summed E-state index contributed by atoms with van der Waals surface area (Å²) in [7, 11) is 0.854. The Hall–Kier alpha value is -2.71. The SMILES string of the molecule is COC(=O)c1c(C(F)(F)F)cnc(-c2ccc(N)nc2)c1F. The van der Waals surface area contributed by atoms with Gasteiger partial charge in [0.2, 0.25) is 0 Å². The van der Waals surface area contributed by atoms with E-state index in [1.165, 1.54) is 12.1 Å². The number of aromatic nitrogens is 2. The van der Waals surface area contributed by atoms with Crippen LogP contribution in [-0.4, -0.2) is 23.0 Å². The van der Waals surface area contributed by atoms with Gasteiger partial charge in [-0.05, 0) is 12.1 Å². The summed E-state index contributed by atoms with van der Waals surface area (Å²) >= 11 is 0. The third kappa shape index (κ3) is 2.83. The molecule has 2 aromatic heterocycles. The van der Waals surface area contributed by atoms with E-state index < -0.39 is 34.8 Å². The number of carbonyl (C=O) groups excluding carboxylic acids is 1. The molecule has 2 aromatic rings. The highest BCUT2D eigenvalue weighted by Crippen LogP contribution is 2.35. The Kier molecular flexibility index (Phi) is 3.98. The highest BCUT2D eigenvalue weighted by Gasteiger charge is 2.39. The number of ether oxygens (including phenoxy) is 1. The third-order valence-corrected chi connectivity index (χ3v) is 2.77. The zero-order valence-corrected chi connectivity index (χ0v) is 11.1. The van der Waals surface area contributed by atoms with Crippen LogP contribution in [0.1, 0.15) is 15.9 Å². The maximum Gasteiger partial charge on any atom is 0.418 e. The van der Waals surface area contributed by atoms with Crippen LogP contribution >= 0.6 is 0 Å². The van der Waals surface area contributed by atoms with Crippen LogP contribution < -0.4 is 5.73 Å². The number of halogens is 4. The Labute approximate surface area is 121 Å². The van der Waals surface area contributed by atoms with Crippen LogP contribution in [0.15, 0.2) is 24.5 Å². The van der Waals surface area contributed by atoms with Crippen LogP contribution in [0.5, 0.6) is 0 Å². The number of hydrogen-bond acceptors (Lipinski definition) is 5. The van der Waals surface area contributed by atoms with Crippen molar-refractivity contribution in [3.05, 3.63) is 41.5 Å². The van der Waals surface area contributed by atoms with Crippen LogP contribution in [0, 0.1) is 5.82 Å². The van der Waals surface area contributed by atoms with Crippen molar-refractivity contribution < 1.29 is 27.1 Å². The molecular formula is C13H9F4N3O2. The van der Waals surface area contributed by atoms with Crippen molar-refractivity contribution in [3.63, 3.8) is 0 Å². The van der Waals surface area contributed by atoms with Crippen molar-refractivity contribution in [2.45, 2.75) is 6.18 Å². The van der Waals surface area contributed by atoms with Gasteiger partial charge in [0, 0.05) is 18.0 Å². The Morgan fingerprint density at radius 2 is 1.91 bits per heavy atom. The summed E-state index contributed by atoms with van der Waals surface area (Å²) < 4.78 is 57.2. The van der Waals surface area contributed by atoms with Gasteiger partial charge in [-0.3, -0.25) is 4.98 Å². The number of hydrogen-bond donors (Lipinski definition) is 1. The molecule has 0 radical (unpaired) electrons. The molecule has 0 aromatic carbocycles. The van der Waals surface area contributed by atoms with Crippen LogP contribution in [0.25, 0.3) is 11.3 Å². The zero-order valence-electron chi connectivity index (χ0n) is 11.1. The second-order valence-corrected chi connectivity index (χ2v) is 4.17. The molecule has 0 atom stereocenters. The Balaban J connectivity index is 2.69. The first-order valence-electron chi connectivity index (χ1n) is 5.81. The highest BCUT2D eigenvalue weighted by atomic mass is 19.4. The van der Waals surface area contributed by atoms with E-state index in [0.29, 0.717) is 6.20 Å². The zero-order chi connectivity index (χ0) is 16.5. The number of rotatable bonds is 2. The van der Waals surface area contributed by atoms with Crippen molar-refractivity contribution in [1.29, 1.82) is 0 Å². The van der Waals surface area contributed by atoms with Gasteiger partial charge in [-0.25, -0.2) is 14.2 Å². The van der Waals surface area contributed by atoms with Gasteiger partial charge in [0.05, 0.1) is 12.7 Å². The van der Waals surface area contributed by atoms with E-state index >= 15 is 0 Å². The molecule has 0 fully saturated rings. The van der Waals surface area contributed by atoms with Gasteiger partial charge in [-0.1, -0.05) is 0 Å². The van der Waals surface area contributed by atoms with E-state index in [0.717, 1.165) is 13.3 Å². The molecule has 2 rings (SSSR count). The van der Waals surface area contributed by atoms with Gasteiger partial charge in [0.25, 0.3) is 0 Å². The molecule has 0 unspecified atom stereocenters. The van der Waals surface area contributed by atoms with Gasteiger partial charge >= 0.3 is 12.1 Å². The highest BCUT2D eigenvalue weighted by molar-refractivity contribution is 5.92. The topological polar surface area (TPSA) is 78.1 Å². The predicted molar refractivity (Wildman–Crippen MR) is 68.2 cm³/mol. The van der Waals surface area contributed by atoms with E-state index in [4.69, 9.17) is 5.73 Å². The molecule has 0 bridgehead atoms. The standard InChI is InChI=1S/C13H9F4N3O2/c1-22-12(21)9-7(13(15,16)17)5-20-11(10(9)14)6-2-3-8(18)19-4-6/h2-5H,1H3,(H2,18,19). The van der Waals surface area contributed by atoms with Crippen molar-refractivity contribution in [2.75, 3.05) is 12.8 Å². The fourth-order valence-electron chi connectivity index (χ4n) is 1.75. The minimum atomic E-state index is -4.95. The third-order valence-electron chi connectivity index (χ3n) is 2.77. The summed E-state index contributed by atoms with van der Waals surface area (Å²) in [6.07, 6.45) is -3.44. The monoisotopic (exact) mass is 315 g/mol. The lowest BCUT2D eigenvalue weighted by atomic mass is 10.0. The van der Waals surface area contributed by atoms with Crippen LogP contribution in [-0.2, 0) is 10.9 Å². The van der Waals surface area contributed by atoms with Gasteiger partial charge in [0.15, 0.2) is 5.82 Å². The van der Waals surface area contributed by atoms with E-state index in [1.807, 2.05) is 0 Å². The van der Waals surface area contributed by atoms with Crippen molar-refractivity contribution in [2.24, 2.45) is 0 Å². The van der Waals surface area contributed by atoms with Crippen LogP contribution in [0.2, 0.25) is 0 Å². The minimum absolute atomic E-state index is 0.0746. The molecule has 0 aliphatic carbocycles. The predicted octanol–water partition coefficient (Wildman–Crippen LogP) is 2.67. The van der Waals surface area contributed by atoms with Crippen LogP contribution in [0.4, 0.5) is 23.4 Å². The van der Waals surface area contributed by atoms with Crippen molar-refractivity contribution in [3.8, 4) is 11.3 Å². The molecule has 0 aliphatic heterocycles. The van der Waals surface area contributed by atoms with Crippen molar-refractivity contribution in [1.82, 2.24) is 9.97 Å². The van der Waals surface area contributed by atoms with E-state index in [1.54, 1.807) is 0 Å². The quantitative estimate of drug-likeness (QED) is 0.681. The van der Waals surface area contributed by atoms with Gasteiger partial charge in [-0.15, -0.1) is 0 Å². The number of nitrogens with two attached hydrogens (primary N) is 1. The molecule has 0 aliphatic rings. The number of nitrogens with zero attached hydrogens (tertiary/aromatic N) is 2. The molecule has 0 amide bonds. The average molecular weight is 315 g/mol. The Morgan fingerprint density at radius 1 is 1.23 bits per heavy atom. The minimum Gasteiger partial charge on any atom is -0.465 e. The largest absolute Gasteiger partial charge is 0.465 e. The average Bonchev–Trinajstić information content (AvgIpc) is 2.46. The Bertz CT molecular complexity index is 714. The lowest BCUT2D eigenvalue weighted by Gasteiger charge is -2.13. The number of pyridine rings is 2. The smallest absolute Gasteiger partial charge is 0.418 e. The maximum absolute atomic E-state index is 14.4. The number of anilines is 1. The second kappa shape index (κ2) is 5.58. The first-order valence-corrected chi connectivity index (χ1v) is 5.81. The number of alkyl halides is 3. The van der Waals surface area contributed by atoms with Gasteiger partial charge in [0.1, 0.15) is 17.1 Å². The summed E-state index contributed by atoms with van der Waals surface area (Å²) in [6.45, 7) is 0. The molecule has 5 nitrogen and oxygen atoms in total. The molecule has 22 heavy (non-hydrogen) atoms. The Morgan fingerprint density at radius 3 is 2.41 bits per heavy atom. The molecule has 9 heteroatoms. The lowest BCUT2D eigenvalue weighted by molar-refractivity contribution is -0.138. The molecule has 0 spiro atoms. The van der Waals surface area contributed by atoms with E-state index in [2.05, 4.69) is 14.7 Å². The lowest BCUT2D eigenvalue weighted by Crippen LogP contribution is -2.18. The molecule has 0 saturated heterocycles. The van der Waals surface area contributed by atoms with E-state index in [-0.39, 0.29) is 11.4 Å². The fraction of sp³-hybridized carbons (Fsp3) is 0.154. The first kappa shape index (κ1) is 15.7. The fourth-order valence-corrected chi connectivity index (χ4v) is 1.75. The maximum atomic E-state index is 14.4. The summed E-state index contributed by atoms with van der Waals surface area (Å²) in [6, 6.07) is 2.65. The summed E-state index contributed by atoms with van der Waals surface area (Å²) in [5.41, 5.74) is 2.26. The number of nitrogen functional groups attached to an aromatic ring is 1. The molecule has 2 N–H and O–H groups in total. The van der Waals surface area contributed by atoms with Gasteiger partial charge < -0.3 is 10.5 Å². The molecule has 2 heterocycles. The van der Waals surface area contributed by atoms with Crippen molar-refractivity contribution >= 4 is 11.8 Å². The molecule has 0 saturated carbocycles. The number of carbonyl (C=O) groups is 1. The molecule has 116 valence electrons. The number of methoxy groups -OCH3 is 1. The normalized spacial score (nSPS) is 11.3. The summed E-state index contributed by atoms with van der Waals surface area (Å²) in [5.74, 6) is -2.74. The second-order valence-electron chi connectivity index (χ2n) is 4.17. The van der Waals surface area contributed by atoms with E-state index in [9.17, 15) is 22.4 Å². The van der Waals surface area contributed by atoms with Gasteiger partial charge in [-0.2, -0.15) is 13.2 Å². The molecular weight excluding hydrogens is 306 g/mol. The number of esters is 1.